The third-order valence-corrected chi connectivity index (χ3v) is 3.47. The van der Waals surface area contributed by atoms with E-state index in [1.54, 1.807) is 0 Å². The highest BCUT2D eigenvalue weighted by Gasteiger charge is 2.27. The molecule has 0 amide bonds. The molecule has 3 nitrogen and oxygen atoms in total. The number of aromatic nitrogens is 1. The van der Waals surface area contributed by atoms with Crippen molar-refractivity contribution in [3.05, 3.63) is 29.7 Å². The molecule has 1 aromatic heterocycles. The Balaban J connectivity index is 2.47. The topological polar surface area (TPSA) is 52.0 Å². The van der Waals surface area contributed by atoms with E-state index in [9.17, 15) is 0 Å². The molecule has 1 atom stereocenters. The van der Waals surface area contributed by atoms with E-state index >= 15 is 0 Å². The zero-order chi connectivity index (χ0) is 14.4. The molecule has 19 heavy (non-hydrogen) atoms. The van der Waals surface area contributed by atoms with E-state index in [0.29, 0.717) is 5.89 Å². The smallest absolute Gasteiger partial charge is 0.212 e. The molecule has 0 aliphatic rings. The number of benzene rings is 1. The second kappa shape index (κ2) is 4.34. The monoisotopic (exact) mass is 260 g/mol. The highest BCUT2D eigenvalue weighted by atomic mass is 16.3. The Hall–Kier alpha value is -1.35. The van der Waals surface area contributed by atoms with Gasteiger partial charge in [0, 0.05) is 0 Å². The largest absolute Gasteiger partial charge is 0.439 e. The second-order valence-corrected chi connectivity index (χ2v) is 7.33. The zero-order valence-electron chi connectivity index (χ0n) is 12.7. The molecule has 3 heteroatoms. The number of rotatable bonds is 1. The van der Waals surface area contributed by atoms with Crippen LogP contribution in [0.3, 0.4) is 0 Å². The third kappa shape index (κ3) is 2.81. The summed E-state index contributed by atoms with van der Waals surface area (Å²) in [4.78, 5) is 4.56. The maximum atomic E-state index is 6.20. The van der Waals surface area contributed by atoms with Crippen molar-refractivity contribution in [1.82, 2.24) is 4.98 Å². The summed E-state index contributed by atoms with van der Waals surface area (Å²) in [6, 6.07) is 5.98. The van der Waals surface area contributed by atoms with E-state index in [1.165, 1.54) is 5.56 Å². The number of hydrogen-bond acceptors (Lipinski definition) is 3. The Bertz CT molecular complexity index is 585. The Morgan fingerprint density at radius 2 is 1.74 bits per heavy atom. The minimum absolute atomic E-state index is 0.0618. The number of fused-ring (bicyclic) bond motifs is 1. The second-order valence-electron chi connectivity index (χ2n) is 7.33. The van der Waals surface area contributed by atoms with Crippen LogP contribution in [-0.4, -0.2) is 4.98 Å². The lowest BCUT2D eigenvalue weighted by atomic mass is 9.87. The minimum Gasteiger partial charge on any atom is -0.439 e. The van der Waals surface area contributed by atoms with Gasteiger partial charge in [0.1, 0.15) is 5.52 Å². The van der Waals surface area contributed by atoms with Gasteiger partial charge >= 0.3 is 0 Å². The number of nitrogens with zero attached hydrogens (tertiary/aromatic N) is 1. The molecule has 2 aromatic rings. The summed E-state index contributed by atoms with van der Waals surface area (Å²) in [5, 5.41) is 0. The first kappa shape index (κ1) is 14.1. The third-order valence-electron chi connectivity index (χ3n) is 3.47. The van der Waals surface area contributed by atoms with Crippen molar-refractivity contribution >= 4 is 11.1 Å². The lowest BCUT2D eigenvalue weighted by Gasteiger charge is -2.23. The van der Waals surface area contributed by atoms with Gasteiger partial charge in [0.25, 0.3) is 0 Å². The lowest BCUT2D eigenvalue weighted by molar-refractivity contribution is 0.282. The summed E-state index contributed by atoms with van der Waals surface area (Å²) in [6.45, 7) is 12.8. The summed E-state index contributed by atoms with van der Waals surface area (Å²) in [6.07, 6.45) is 0. The molecule has 104 valence electrons. The SMILES string of the molecule is CC(C)(C)c1ccc2oc(C(N)C(C)(C)C)nc2c1. The number of oxazole rings is 1. The summed E-state index contributed by atoms with van der Waals surface area (Å²) >= 11 is 0. The van der Waals surface area contributed by atoms with Crippen LogP contribution in [-0.2, 0) is 5.41 Å². The van der Waals surface area contributed by atoms with Crippen molar-refractivity contribution < 1.29 is 4.42 Å². The fourth-order valence-electron chi connectivity index (χ4n) is 1.92. The molecule has 2 N–H and O–H groups in total. The summed E-state index contributed by atoms with van der Waals surface area (Å²) in [7, 11) is 0. The molecule has 2 rings (SSSR count). The van der Waals surface area contributed by atoms with Gasteiger partial charge in [0.05, 0.1) is 6.04 Å². The average molecular weight is 260 g/mol. The van der Waals surface area contributed by atoms with E-state index in [1.807, 2.05) is 6.07 Å². The lowest BCUT2D eigenvalue weighted by Crippen LogP contribution is -2.26. The molecule has 0 saturated heterocycles. The molecule has 0 saturated carbocycles. The van der Waals surface area contributed by atoms with Gasteiger partial charge in [-0.1, -0.05) is 47.6 Å². The molecule has 1 aromatic carbocycles. The van der Waals surface area contributed by atoms with E-state index in [-0.39, 0.29) is 16.9 Å². The maximum Gasteiger partial charge on any atom is 0.212 e. The quantitative estimate of drug-likeness (QED) is 0.837. The maximum absolute atomic E-state index is 6.20. The molecule has 1 unspecified atom stereocenters. The van der Waals surface area contributed by atoms with Crippen LogP contribution in [0.1, 0.15) is 59.0 Å². The van der Waals surface area contributed by atoms with Gasteiger partial charge in [-0.05, 0) is 28.5 Å². The summed E-state index contributed by atoms with van der Waals surface area (Å²) < 4.78 is 5.79. The molecule has 0 aliphatic heterocycles. The van der Waals surface area contributed by atoms with Gasteiger partial charge in [-0.25, -0.2) is 4.98 Å². The van der Waals surface area contributed by atoms with E-state index in [0.717, 1.165) is 11.1 Å². The average Bonchev–Trinajstić information content (AvgIpc) is 2.67. The Kier molecular flexibility index (Phi) is 3.21. The Morgan fingerprint density at radius 3 is 2.26 bits per heavy atom. The van der Waals surface area contributed by atoms with Gasteiger partial charge in [-0.2, -0.15) is 0 Å². The highest BCUT2D eigenvalue weighted by Crippen LogP contribution is 2.33. The van der Waals surface area contributed by atoms with Crippen LogP contribution in [0.5, 0.6) is 0 Å². The van der Waals surface area contributed by atoms with Crippen molar-refractivity contribution in [3.63, 3.8) is 0 Å². The van der Waals surface area contributed by atoms with Gasteiger partial charge in [0.15, 0.2) is 5.58 Å². The Morgan fingerprint density at radius 1 is 1.11 bits per heavy atom. The molecule has 1 heterocycles. The predicted octanol–water partition coefficient (Wildman–Crippen LogP) is 4.17. The summed E-state index contributed by atoms with van der Waals surface area (Å²) in [5.74, 6) is 0.619. The fraction of sp³-hybridized carbons (Fsp3) is 0.562. The number of hydrogen-bond donors (Lipinski definition) is 1. The first-order valence-corrected chi connectivity index (χ1v) is 6.75. The normalized spacial score (nSPS) is 14.9. The zero-order valence-corrected chi connectivity index (χ0v) is 12.7. The molecule has 0 radical (unpaired) electrons. The first-order chi connectivity index (χ1) is 8.59. The van der Waals surface area contributed by atoms with E-state index in [2.05, 4.69) is 58.7 Å². The highest BCUT2D eigenvalue weighted by molar-refractivity contribution is 5.73. The standard InChI is InChI=1S/C16H24N2O/c1-15(2,3)10-7-8-12-11(9-10)18-14(19-12)13(17)16(4,5)6/h7-9,13H,17H2,1-6H3. The van der Waals surface area contributed by atoms with Crippen molar-refractivity contribution in [2.24, 2.45) is 11.1 Å². The van der Waals surface area contributed by atoms with Crippen LogP contribution < -0.4 is 5.73 Å². The molecule has 0 fully saturated rings. The molecule has 0 spiro atoms. The van der Waals surface area contributed by atoms with E-state index < -0.39 is 0 Å². The van der Waals surface area contributed by atoms with Crippen molar-refractivity contribution in [3.8, 4) is 0 Å². The van der Waals surface area contributed by atoms with Gasteiger partial charge in [0.2, 0.25) is 5.89 Å². The van der Waals surface area contributed by atoms with Gasteiger partial charge < -0.3 is 10.2 Å². The first-order valence-electron chi connectivity index (χ1n) is 6.75. The number of nitrogens with two attached hydrogens (primary N) is 1. The molecular weight excluding hydrogens is 236 g/mol. The van der Waals surface area contributed by atoms with Crippen LogP contribution in [0.15, 0.2) is 22.6 Å². The van der Waals surface area contributed by atoms with Crippen LogP contribution in [0.2, 0.25) is 0 Å². The van der Waals surface area contributed by atoms with Crippen molar-refractivity contribution in [2.45, 2.75) is 53.0 Å². The van der Waals surface area contributed by atoms with Gasteiger partial charge in [-0.3, -0.25) is 0 Å². The molecule has 0 bridgehead atoms. The van der Waals surface area contributed by atoms with Crippen molar-refractivity contribution in [1.29, 1.82) is 0 Å². The predicted molar refractivity (Wildman–Crippen MR) is 79.1 cm³/mol. The van der Waals surface area contributed by atoms with Gasteiger partial charge in [-0.15, -0.1) is 0 Å². The van der Waals surface area contributed by atoms with E-state index in [4.69, 9.17) is 10.2 Å². The summed E-state index contributed by atoms with van der Waals surface area (Å²) in [5.41, 5.74) is 9.21. The van der Waals surface area contributed by atoms with Crippen LogP contribution in [0, 0.1) is 5.41 Å². The van der Waals surface area contributed by atoms with Crippen LogP contribution >= 0.6 is 0 Å². The van der Waals surface area contributed by atoms with Crippen molar-refractivity contribution in [2.75, 3.05) is 0 Å². The van der Waals surface area contributed by atoms with Crippen LogP contribution in [0.25, 0.3) is 11.1 Å². The molecular formula is C16H24N2O. The minimum atomic E-state index is -0.196. The van der Waals surface area contributed by atoms with Crippen LogP contribution in [0.4, 0.5) is 0 Å². The molecule has 0 aliphatic carbocycles. The fourth-order valence-corrected chi connectivity index (χ4v) is 1.92. The Labute approximate surface area is 115 Å².